The highest BCUT2D eigenvalue weighted by molar-refractivity contribution is 5.80. The number of esters is 1. The first-order chi connectivity index (χ1) is 6.40. The highest BCUT2D eigenvalue weighted by atomic mass is 16.5. The molecule has 0 amide bonds. The van der Waals surface area contributed by atoms with Crippen molar-refractivity contribution in [2.75, 3.05) is 13.2 Å². The quantitative estimate of drug-likeness (QED) is 0.701. The lowest BCUT2D eigenvalue weighted by Gasteiger charge is -2.19. The predicted molar refractivity (Wildman–Crippen MR) is 55.8 cm³/mol. The van der Waals surface area contributed by atoms with E-state index in [1.165, 1.54) is 0 Å². The summed E-state index contributed by atoms with van der Waals surface area (Å²) in [6, 6.07) is 0. The molecule has 0 saturated heterocycles. The highest BCUT2D eigenvalue weighted by Crippen LogP contribution is 2.45. The first kappa shape index (κ1) is 11.5. The fourth-order valence-electron chi connectivity index (χ4n) is 1.25. The molecule has 0 aromatic rings. The van der Waals surface area contributed by atoms with E-state index in [4.69, 9.17) is 10.5 Å². The van der Waals surface area contributed by atoms with Crippen LogP contribution < -0.4 is 5.73 Å². The molecule has 1 fully saturated rings. The number of hydrogen-bond acceptors (Lipinski definition) is 3. The van der Waals surface area contributed by atoms with Crippen LogP contribution in [0.1, 0.15) is 40.0 Å². The molecule has 0 heterocycles. The molecule has 0 aromatic carbocycles. The molecule has 3 nitrogen and oxygen atoms in total. The summed E-state index contributed by atoms with van der Waals surface area (Å²) in [5, 5.41) is 0. The SMILES string of the molecule is CC(C)(C)CCOC(=O)C1(CN)CC1. The van der Waals surface area contributed by atoms with E-state index >= 15 is 0 Å². The molecule has 2 N–H and O–H groups in total. The van der Waals surface area contributed by atoms with Crippen molar-refractivity contribution in [3.8, 4) is 0 Å². The second-order valence-corrected chi connectivity index (χ2v) is 5.43. The van der Waals surface area contributed by atoms with Gasteiger partial charge in [-0.25, -0.2) is 0 Å². The van der Waals surface area contributed by atoms with Gasteiger partial charge < -0.3 is 10.5 Å². The minimum Gasteiger partial charge on any atom is -0.465 e. The lowest BCUT2D eigenvalue weighted by molar-refractivity contribution is -0.150. The van der Waals surface area contributed by atoms with Crippen molar-refractivity contribution in [1.82, 2.24) is 0 Å². The van der Waals surface area contributed by atoms with Gasteiger partial charge in [-0.1, -0.05) is 20.8 Å². The molecule has 0 spiro atoms. The van der Waals surface area contributed by atoms with Crippen molar-refractivity contribution in [2.45, 2.75) is 40.0 Å². The molecule has 1 saturated carbocycles. The Labute approximate surface area is 86.0 Å². The summed E-state index contributed by atoms with van der Waals surface area (Å²) in [7, 11) is 0. The lowest BCUT2D eigenvalue weighted by atomic mass is 9.93. The fourth-order valence-corrected chi connectivity index (χ4v) is 1.25. The van der Waals surface area contributed by atoms with Crippen LogP contribution in [0.15, 0.2) is 0 Å². The molecule has 1 rings (SSSR count). The normalized spacial score (nSPS) is 19.1. The Hall–Kier alpha value is -0.570. The van der Waals surface area contributed by atoms with Crippen molar-refractivity contribution in [3.63, 3.8) is 0 Å². The van der Waals surface area contributed by atoms with E-state index < -0.39 is 0 Å². The molecule has 0 bridgehead atoms. The number of carbonyl (C=O) groups is 1. The van der Waals surface area contributed by atoms with Gasteiger partial charge in [0.2, 0.25) is 0 Å². The lowest BCUT2D eigenvalue weighted by Crippen LogP contribution is -2.28. The molecule has 1 aliphatic rings. The zero-order valence-corrected chi connectivity index (χ0v) is 9.43. The van der Waals surface area contributed by atoms with Gasteiger partial charge in [0.05, 0.1) is 12.0 Å². The van der Waals surface area contributed by atoms with E-state index in [9.17, 15) is 4.79 Å². The van der Waals surface area contributed by atoms with Gasteiger partial charge in [0, 0.05) is 6.54 Å². The Balaban J connectivity index is 2.23. The third-order valence-corrected chi connectivity index (χ3v) is 2.76. The van der Waals surface area contributed by atoms with E-state index in [2.05, 4.69) is 20.8 Å². The molecule has 0 aliphatic heterocycles. The Bertz CT molecular complexity index is 214. The molecule has 0 atom stereocenters. The van der Waals surface area contributed by atoms with Gasteiger partial charge in [-0.3, -0.25) is 4.79 Å². The maximum Gasteiger partial charge on any atom is 0.313 e. The third-order valence-electron chi connectivity index (χ3n) is 2.76. The van der Waals surface area contributed by atoms with Crippen LogP contribution >= 0.6 is 0 Å². The molecule has 1 aliphatic carbocycles. The third kappa shape index (κ3) is 2.98. The Morgan fingerprint density at radius 3 is 2.36 bits per heavy atom. The second-order valence-electron chi connectivity index (χ2n) is 5.43. The maximum atomic E-state index is 11.5. The van der Waals surface area contributed by atoms with Crippen molar-refractivity contribution in [3.05, 3.63) is 0 Å². The summed E-state index contributed by atoms with van der Waals surface area (Å²) in [4.78, 5) is 11.5. The molecule has 0 radical (unpaired) electrons. The zero-order chi connectivity index (χ0) is 10.8. The smallest absolute Gasteiger partial charge is 0.313 e. The van der Waals surface area contributed by atoms with Gasteiger partial charge in [0.15, 0.2) is 0 Å². The zero-order valence-electron chi connectivity index (χ0n) is 9.43. The van der Waals surface area contributed by atoms with Gasteiger partial charge in [0.25, 0.3) is 0 Å². The average molecular weight is 199 g/mol. The number of ether oxygens (including phenoxy) is 1. The Morgan fingerprint density at radius 2 is 2.00 bits per heavy atom. The van der Waals surface area contributed by atoms with Gasteiger partial charge >= 0.3 is 5.97 Å². The monoisotopic (exact) mass is 199 g/mol. The molecule has 3 heteroatoms. The van der Waals surface area contributed by atoms with E-state index in [0.29, 0.717) is 13.2 Å². The van der Waals surface area contributed by atoms with Crippen LogP contribution in [0.3, 0.4) is 0 Å². The largest absolute Gasteiger partial charge is 0.465 e. The summed E-state index contributed by atoms with van der Waals surface area (Å²) in [6.45, 7) is 7.36. The summed E-state index contributed by atoms with van der Waals surface area (Å²) >= 11 is 0. The topological polar surface area (TPSA) is 52.3 Å². The van der Waals surface area contributed by atoms with Crippen LogP contribution in [-0.2, 0) is 9.53 Å². The minimum absolute atomic E-state index is 0.0933. The van der Waals surface area contributed by atoms with Crippen molar-refractivity contribution in [1.29, 1.82) is 0 Å². The number of nitrogens with two attached hydrogens (primary N) is 1. The van der Waals surface area contributed by atoms with Gasteiger partial charge in [-0.15, -0.1) is 0 Å². The standard InChI is InChI=1S/C11H21NO2/c1-10(2,3)6-7-14-9(13)11(8-12)4-5-11/h4-8,12H2,1-3H3. The van der Waals surface area contributed by atoms with Gasteiger partial charge in [-0.05, 0) is 24.7 Å². The highest BCUT2D eigenvalue weighted by Gasteiger charge is 2.50. The number of rotatable bonds is 4. The Kier molecular flexibility index (Phi) is 3.20. The van der Waals surface area contributed by atoms with Crippen LogP contribution in [-0.4, -0.2) is 19.1 Å². The van der Waals surface area contributed by atoms with Crippen molar-refractivity contribution < 1.29 is 9.53 Å². The molecule has 0 aromatic heterocycles. The number of hydrogen-bond donors (Lipinski definition) is 1. The molecule has 82 valence electrons. The van der Waals surface area contributed by atoms with Crippen LogP contribution in [0.25, 0.3) is 0 Å². The minimum atomic E-state index is -0.308. The van der Waals surface area contributed by atoms with Crippen LogP contribution in [0.5, 0.6) is 0 Å². The van der Waals surface area contributed by atoms with Gasteiger partial charge in [0.1, 0.15) is 0 Å². The molecule has 14 heavy (non-hydrogen) atoms. The van der Waals surface area contributed by atoms with Crippen LogP contribution in [0.4, 0.5) is 0 Å². The average Bonchev–Trinajstić information content (AvgIpc) is 2.81. The van der Waals surface area contributed by atoms with E-state index in [0.717, 1.165) is 19.3 Å². The van der Waals surface area contributed by atoms with Crippen molar-refractivity contribution >= 4 is 5.97 Å². The van der Waals surface area contributed by atoms with Crippen LogP contribution in [0.2, 0.25) is 0 Å². The van der Waals surface area contributed by atoms with E-state index in [1.807, 2.05) is 0 Å². The van der Waals surface area contributed by atoms with Crippen molar-refractivity contribution in [2.24, 2.45) is 16.6 Å². The summed E-state index contributed by atoms with van der Waals surface area (Å²) in [5.41, 5.74) is 5.44. The molecular formula is C11H21NO2. The second kappa shape index (κ2) is 3.89. The summed E-state index contributed by atoms with van der Waals surface area (Å²) < 4.78 is 5.22. The molecule has 0 unspecified atom stereocenters. The predicted octanol–water partition coefficient (Wildman–Crippen LogP) is 1.70. The summed E-state index contributed by atoms with van der Waals surface area (Å²) in [6.07, 6.45) is 2.70. The van der Waals surface area contributed by atoms with E-state index in [-0.39, 0.29) is 16.8 Å². The first-order valence-electron chi connectivity index (χ1n) is 5.27. The summed E-state index contributed by atoms with van der Waals surface area (Å²) in [5.74, 6) is -0.0933. The first-order valence-corrected chi connectivity index (χ1v) is 5.27. The maximum absolute atomic E-state index is 11.5. The van der Waals surface area contributed by atoms with Crippen LogP contribution in [0, 0.1) is 10.8 Å². The Morgan fingerprint density at radius 1 is 1.43 bits per heavy atom. The van der Waals surface area contributed by atoms with E-state index in [1.54, 1.807) is 0 Å². The fraction of sp³-hybridized carbons (Fsp3) is 0.909. The molecular weight excluding hydrogens is 178 g/mol. The number of carbonyl (C=O) groups excluding carboxylic acids is 1. The van der Waals surface area contributed by atoms with Gasteiger partial charge in [-0.2, -0.15) is 0 Å².